The van der Waals surface area contributed by atoms with Crippen molar-refractivity contribution in [1.29, 1.82) is 0 Å². The Labute approximate surface area is 122 Å². The minimum atomic E-state index is 0.289. The molecule has 0 saturated heterocycles. The van der Waals surface area contributed by atoms with Gasteiger partial charge in [-0.05, 0) is 48.6 Å². The van der Waals surface area contributed by atoms with Crippen LogP contribution in [0.25, 0.3) is 0 Å². The van der Waals surface area contributed by atoms with Crippen molar-refractivity contribution < 1.29 is 0 Å². The van der Waals surface area contributed by atoms with E-state index >= 15 is 0 Å². The highest BCUT2D eigenvalue weighted by Crippen LogP contribution is 2.35. The smallest absolute Gasteiger partial charge is 0.0302 e. The molecule has 1 heterocycles. The van der Waals surface area contributed by atoms with Gasteiger partial charge in [0, 0.05) is 22.3 Å². The molecule has 0 amide bonds. The van der Waals surface area contributed by atoms with E-state index < -0.39 is 0 Å². The summed E-state index contributed by atoms with van der Waals surface area (Å²) in [5.41, 5.74) is 0.859. The lowest BCUT2D eigenvalue weighted by molar-refractivity contribution is 0.206. The van der Waals surface area contributed by atoms with Crippen LogP contribution in [0.3, 0.4) is 0 Å². The van der Waals surface area contributed by atoms with E-state index in [9.17, 15) is 0 Å². The van der Waals surface area contributed by atoms with E-state index in [0.29, 0.717) is 5.41 Å². The van der Waals surface area contributed by atoms with Crippen molar-refractivity contribution in [3.05, 3.63) is 21.9 Å². The number of thiophene rings is 1. The summed E-state index contributed by atoms with van der Waals surface area (Å²) in [6.07, 6.45) is 5.40. The molecule has 1 aliphatic rings. The molecule has 0 unspecified atom stereocenters. The number of hydrogen-bond acceptors (Lipinski definition) is 2. The molecule has 0 atom stereocenters. The first kappa shape index (κ1) is 15.1. The summed E-state index contributed by atoms with van der Waals surface area (Å²) < 4.78 is 0. The minimum Gasteiger partial charge on any atom is -0.309 e. The fourth-order valence-electron chi connectivity index (χ4n) is 2.72. The maximum absolute atomic E-state index is 3.75. The molecule has 19 heavy (non-hydrogen) atoms. The molecule has 108 valence electrons. The Balaban J connectivity index is 1.82. The molecule has 1 N–H and O–H groups in total. The molecule has 2 rings (SSSR count). The summed E-state index contributed by atoms with van der Waals surface area (Å²) in [6.45, 7) is 12.7. The van der Waals surface area contributed by atoms with Crippen LogP contribution in [0.15, 0.2) is 12.1 Å². The molecule has 0 aliphatic heterocycles. The third-order valence-corrected chi connectivity index (χ3v) is 5.82. The van der Waals surface area contributed by atoms with Crippen LogP contribution in [0.4, 0.5) is 0 Å². The zero-order valence-electron chi connectivity index (χ0n) is 13.2. The van der Waals surface area contributed by atoms with Gasteiger partial charge < -0.3 is 5.32 Å². The van der Waals surface area contributed by atoms with Crippen LogP contribution < -0.4 is 5.32 Å². The summed E-state index contributed by atoms with van der Waals surface area (Å²) >= 11 is 1.97. The second-order valence-corrected chi connectivity index (χ2v) is 9.00. The minimum absolute atomic E-state index is 0.289. The van der Waals surface area contributed by atoms with Crippen LogP contribution in [-0.2, 0) is 12.0 Å². The number of nitrogens with one attached hydrogen (secondary N) is 1. The molecule has 2 heteroatoms. The van der Waals surface area contributed by atoms with Crippen molar-refractivity contribution in [2.75, 3.05) is 0 Å². The average molecular weight is 279 g/mol. The molecular weight excluding hydrogens is 250 g/mol. The molecule has 1 aliphatic carbocycles. The normalized spacial score (nSPS) is 20.7. The standard InChI is InChI=1S/C17H29NS/c1-16(2,3)15-7-6-14(19-15)12-18-13-8-10-17(4,5)11-9-13/h6-7,13,18H,8-12H2,1-5H3. The SMILES string of the molecule is CC1(C)CCC(NCc2ccc(C(C)(C)C)s2)CC1. The molecule has 1 fully saturated rings. The van der Waals surface area contributed by atoms with E-state index in [-0.39, 0.29) is 5.41 Å². The molecule has 1 nitrogen and oxygen atoms in total. The Morgan fingerprint density at radius 2 is 1.84 bits per heavy atom. The van der Waals surface area contributed by atoms with Crippen LogP contribution in [0.2, 0.25) is 0 Å². The van der Waals surface area contributed by atoms with Crippen molar-refractivity contribution in [3.63, 3.8) is 0 Å². The first-order valence-electron chi connectivity index (χ1n) is 7.59. The number of hydrogen-bond donors (Lipinski definition) is 1. The van der Waals surface area contributed by atoms with Crippen molar-refractivity contribution >= 4 is 11.3 Å². The average Bonchev–Trinajstić information content (AvgIpc) is 2.76. The van der Waals surface area contributed by atoms with Crippen LogP contribution >= 0.6 is 11.3 Å². The molecular formula is C17H29NS. The van der Waals surface area contributed by atoms with E-state index in [4.69, 9.17) is 0 Å². The predicted octanol–water partition coefficient (Wildman–Crippen LogP) is 5.10. The Morgan fingerprint density at radius 1 is 1.21 bits per heavy atom. The second kappa shape index (κ2) is 5.57. The Morgan fingerprint density at radius 3 is 2.37 bits per heavy atom. The molecule has 0 radical (unpaired) electrons. The van der Waals surface area contributed by atoms with Crippen LogP contribution in [0.5, 0.6) is 0 Å². The second-order valence-electron chi connectivity index (χ2n) is 7.84. The number of rotatable bonds is 3. The van der Waals surface area contributed by atoms with Crippen molar-refractivity contribution in [3.8, 4) is 0 Å². The van der Waals surface area contributed by atoms with Gasteiger partial charge in [-0.2, -0.15) is 0 Å². The Kier molecular flexibility index (Phi) is 4.42. The van der Waals surface area contributed by atoms with E-state index in [0.717, 1.165) is 12.6 Å². The van der Waals surface area contributed by atoms with Gasteiger partial charge in [-0.1, -0.05) is 34.6 Å². The quantitative estimate of drug-likeness (QED) is 0.811. The summed E-state index contributed by atoms with van der Waals surface area (Å²) in [4.78, 5) is 2.98. The van der Waals surface area contributed by atoms with Gasteiger partial charge in [0.05, 0.1) is 0 Å². The van der Waals surface area contributed by atoms with Crippen LogP contribution in [0.1, 0.15) is 70.1 Å². The first-order valence-corrected chi connectivity index (χ1v) is 8.40. The topological polar surface area (TPSA) is 12.0 Å². The lowest BCUT2D eigenvalue weighted by Gasteiger charge is -2.34. The fourth-order valence-corrected chi connectivity index (χ4v) is 3.74. The van der Waals surface area contributed by atoms with Gasteiger partial charge in [0.1, 0.15) is 0 Å². The summed E-state index contributed by atoms with van der Waals surface area (Å²) in [5.74, 6) is 0. The van der Waals surface area contributed by atoms with Gasteiger partial charge in [-0.25, -0.2) is 0 Å². The lowest BCUT2D eigenvalue weighted by atomic mass is 9.75. The van der Waals surface area contributed by atoms with Gasteiger partial charge in [0.2, 0.25) is 0 Å². The zero-order chi connectivity index (χ0) is 14.1. The van der Waals surface area contributed by atoms with Crippen LogP contribution in [0, 0.1) is 5.41 Å². The van der Waals surface area contributed by atoms with Gasteiger partial charge >= 0.3 is 0 Å². The Bertz CT molecular complexity index is 401. The van der Waals surface area contributed by atoms with E-state index in [1.165, 1.54) is 35.4 Å². The van der Waals surface area contributed by atoms with Gasteiger partial charge in [-0.3, -0.25) is 0 Å². The monoisotopic (exact) mass is 279 g/mol. The van der Waals surface area contributed by atoms with Crippen molar-refractivity contribution in [1.82, 2.24) is 5.32 Å². The van der Waals surface area contributed by atoms with Crippen LogP contribution in [-0.4, -0.2) is 6.04 Å². The molecule has 0 bridgehead atoms. The van der Waals surface area contributed by atoms with Crippen molar-refractivity contribution in [2.24, 2.45) is 5.41 Å². The summed E-state index contributed by atoms with van der Waals surface area (Å²) in [7, 11) is 0. The molecule has 1 saturated carbocycles. The van der Waals surface area contributed by atoms with Crippen molar-refractivity contribution in [2.45, 2.75) is 78.3 Å². The highest BCUT2D eigenvalue weighted by Gasteiger charge is 2.26. The predicted molar refractivity (Wildman–Crippen MR) is 85.9 cm³/mol. The fraction of sp³-hybridized carbons (Fsp3) is 0.765. The zero-order valence-corrected chi connectivity index (χ0v) is 14.0. The third kappa shape index (κ3) is 4.32. The third-order valence-electron chi connectivity index (χ3n) is 4.30. The van der Waals surface area contributed by atoms with E-state index in [1.807, 2.05) is 11.3 Å². The van der Waals surface area contributed by atoms with Gasteiger partial charge in [0.15, 0.2) is 0 Å². The molecule has 0 aromatic carbocycles. The Hall–Kier alpha value is -0.340. The molecule has 0 spiro atoms. The highest BCUT2D eigenvalue weighted by atomic mass is 32.1. The highest BCUT2D eigenvalue weighted by molar-refractivity contribution is 7.12. The van der Waals surface area contributed by atoms with Gasteiger partial charge in [0.25, 0.3) is 0 Å². The van der Waals surface area contributed by atoms with E-state index in [1.54, 1.807) is 0 Å². The lowest BCUT2D eigenvalue weighted by Crippen LogP contribution is -2.34. The molecule has 1 aromatic rings. The van der Waals surface area contributed by atoms with E-state index in [2.05, 4.69) is 52.1 Å². The summed E-state index contributed by atoms with van der Waals surface area (Å²) in [5, 5.41) is 3.75. The maximum atomic E-state index is 3.75. The maximum Gasteiger partial charge on any atom is 0.0302 e. The first-order chi connectivity index (χ1) is 8.76. The summed E-state index contributed by atoms with van der Waals surface area (Å²) in [6, 6.07) is 5.32. The molecule has 1 aromatic heterocycles. The van der Waals surface area contributed by atoms with Gasteiger partial charge in [-0.15, -0.1) is 11.3 Å². The largest absolute Gasteiger partial charge is 0.309 e.